The summed E-state index contributed by atoms with van der Waals surface area (Å²) in [6.45, 7) is 1.46. The topological polar surface area (TPSA) is 30.0 Å². The molecular formula is C13H8ClF2NO. The molecule has 18 heavy (non-hydrogen) atoms. The molecule has 0 N–H and O–H groups in total. The number of aromatic nitrogens is 1. The Labute approximate surface area is 107 Å². The summed E-state index contributed by atoms with van der Waals surface area (Å²) >= 11 is 5.58. The average Bonchev–Trinajstić information content (AvgIpc) is 2.35. The van der Waals surface area contributed by atoms with Crippen LogP contribution in [0.2, 0.25) is 5.15 Å². The van der Waals surface area contributed by atoms with Crippen molar-refractivity contribution in [2.45, 2.75) is 6.92 Å². The van der Waals surface area contributed by atoms with E-state index in [0.717, 1.165) is 6.07 Å². The van der Waals surface area contributed by atoms with E-state index in [1.165, 1.54) is 31.3 Å². The minimum absolute atomic E-state index is 0.0859. The number of nitrogens with zero attached hydrogens (tertiary/aromatic N) is 1. The normalized spacial score (nSPS) is 10.4. The predicted molar refractivity (Wildman–Crippen MR) is 63.8 cm³/mol. The third-order valence-corrected chi connectivity index (χ3v) is 2.72. The quantitative estimate of drug-likeness (QED) is 0.615. The summed E-state index contributed by atoms with van der Waals surface area (Å²) in [5.74, 6) is -2.49. The first kappa shape index (κ1) is 12.6. The van der Waals surface area contributed by atoms with Crippen molar-refractivity contribution in [2.24, 2.45) is 0 Å². The number of pyridine rings is 1. The van der Waals surface area contributed by atoms with Gasteiger partial charge in [-0.2, -0.15) is 0 Å². The highest BCUT2D eigenvalue weighted by Crippen LogP contribution is 2.20. The highest BCUT2D eigenvalue weighted by molar-refractivity contribution is 6.29. The fourth-order valence-corrected chi connectivity index (χ4v) is 1.63. The van der Waals surface area contributed by atoms with Crippen molar-refractivity contribution in [3.8, 4) is 0 Å². The molecule has 2 rings (SSSR count). The molecule has 2 aromatic rings. The lowest BCUT2D eigenvalue weighted by Crippen LogP contribution is -2.09. The van der Waals surface area contributed by atoms with Gasteiger partial charge in [-0.05, 0) is 30.7 Å². The van der Waals surface area contributed by atoms with Crippen LogP contribution in [0.25, 0.3) is 0 Å². The van der Waals surface area contributed by atoms with Crippen LogP contribution in [0.5, 0.6) is 0 Å². The van der Waals surface area contributed by atoms with Gasteiger partial charge >= 0.3 is 0 Å². The van der Waals surface area contributed by atoms with Gasteiger partial charge in [-0.1, -0.05) is 17.7 Å². The van der Waals surface area contributed by atoms with Gasteiger partial charge in [0.1, 0.15) is 16.8 Å². The van der Waals surface area contributed by atoms with Gasteiger partial charge in [-0.15, -0.1) is 0 Å². The first-order valence-corrected chi connectivity index (χ1v) is 5.49. The van der Waals surface area contributed by atoms with Gasteiger partial charge in [0.15, 0.2) is 5.78 Å². The molecule has 0 amide bonds. The van der Waals surface area contributed by atoms with E-state index in [-0.39, 0.29) is 16.3 Å². The van der Waals surface area contributed by atoms with Gasteiger partial charge in [0.25, 0.3) is 0 Å². The molecule has 0 spiro atoms. The first-order valence-electron chi connectivity index (χ1n) is 5.11. The molecule has 5 heteroatoms. The van der Waals surface area contributed by atoms with Gasteiger partial charge in [0.2, 0.25) is 0 Å². The molecule has 2 nitrogen and oxygen atoms in total. The SMILES string of the molecule is Cc1ccc(F)c(C(=O)c2ccc(Cl)nc2)c1F. The molecule has 0 fully saturated rings. The molecule has 0 atom stereocenters. The van der Waals surface area contributed by atoms with E-state index in [9.17, 15) is 13.6 Å². The number of carbonyl (C=O) groups is 1. The van der Waals surface area contributed by atoms with Crippen molar-refractivity contribution >= 4 is 17.4 Å². The maximum absolute atomic E-state index is 13.8. The van der Waals surface area contributed by atoms with Crippen molar-refractivity contribution < 1.29 is 13.6 Å². The van der Waals surface area contributed by atoms with E-state index >= 15 is 0 Å². The van der Waals surface area contributed by atoms with E-state index in [1.807, 2.05) is 0 Å². The van der Waals surface area contributed by atoms with Crippen molar-refractivity contribution in [1.29, 1.82) is 0 Å². The summed E-state index contributed by atoms with van der Waals surface area (Å²) < 4.78 is 27.3. The second-order valence-corrected chi connectivity index (χ2v) is 4.14. The lowest BCUT2D eigenvalue weighted by Gasteiger charge is -2.06. The van der Waals surface area contributed by atoms with E-state index in [2.05, 4.69) is 4.98 Å². The molecule has 0 unspecified atom stereocenters. The van der Waals surface area contributed by atoms with Crippen molar-refractivity contribution in [2.75, 3.05) is 0 Å². The second-order valence-electron chi connectivity index (χ2n) is 3.75. The minimum atomic E-state index is -0.891. The number of carbonyl (C=O) groups excluding carboxylic acids is 1. The van der Waals surface area contributed by atoms with E-state index < -0.39 is 23.0 Å². The zero-order valence-corrected chi connectivity index (χ0v) is 10.1. The Bertz CT molecular complexity index is 611. The molecule has 0 aliphatic heterocycles. The summed E-state index contributed by atoms with van der Waals surface area (Å²) in [5.41, 5.74) is -0.274. The Morgan fingerprint density at radius 3 is 2.56 bits per heavy atom. The number of rotatable bonds is 2. The molecule has 1 aromatic heterocycles. The summed E-state index contributed by atoms with van der Waals surface area (Å²) in [6, 6.07) is 5.11. The van der Waals surface area contributed by atoms with Crippen molar-refractivity contribution in [3.63, 3.8) is 0 Å². The smallest absolute Gasteiger partial charge is 0.200 e. The molecule has 1 heterocycles. The van der Waals surface area contributed by atoms with Crippen LogP contribution in [0.3, 0.4) is 0 Å². The lowest BCUT2D eigenvalue weighted by atomic mass is 10.0. The van der Waals surface area contributed by atoms with Crippen LogP contribution in [0.1, 0.15) is 21.5 Å². The molecule has 92 valence electrons. The van der Waals surface area contributed by atoms with Crippen LogP contribution in [0, 0.1) is 18.6 Å². The second kappa shape index (κ2) is 4.82. The molecule has 0 bridgehead atoms. The van der Waals surface area contributed by atoms with Crippen LogP contribution < -0.4 is 0 Å². The monoisotopic (exact) mass is 267 g/mol. The Morgan fingerprint density at radius 2 is 1.94 bits per heavy atom. The zero-order chi connectivity index (χ0) is 13.3. The summed E-state index contributed by atoms with van der Waals surface area (Å²) in [7, 11) is 0. The highest BCUT2D eigenvalue weighted by atomic mass is 35.5. The summed E-state index contributed by atoms with van der Waals surface area (Å²) in [4.78, 5) is 15.7. The van der Waals surface area contributed by atoms with Crippen LogP contribution in [-0.2, 0) is 0 Å². The van der Waals surface area contributed by atoms with Gasteiger partial charge in [0.05, 0.1) is 5.56 Å². The number of halogens is 3. The van der Waals surface area contributed by atoms with Crippen LogP contribution >= 0.6 is 11.6 Å². The Hall–Kier alpha value is -1.81. The Kier molecular flexibility index (Phi) is 3.39. The zero-order valence-electron chi connectivity index (χ0n) is 9.38. The fourth-order valence-electron chi connectivity index (χ4n) is 1.52. The third-order valence-electron chi connectivity index (χ3n) is 2.50. The molecule has 0 aliphatic rings. The van der Waals surface area contributed by atoms with Gasteiger partial charge in [0, 0.05) is 11.8 Å². The molecular weight excluding hydrogens is 260 g/mol. The Morgan fingerprint density at radius 1 is 1.22 bits per heavy atom. The average molecular weight is 268 g/mol. The number of ketones is 1. The molecule has 0 aliphatic carbocycles. The van der Waals surface area contributed by atoms with Crippen LogP contribution in [-0.4, -0.2) is 10.8 Å². The maximum atomic E-state index is 13.8. The van der Waals surface area contributed by atoms with Crippen molar-refractivity contribution in [1.82, 2.24) is 4.98 Å². The van der Waals surface area contributed by atoms with E-state index in [0.29, 0.717) is 0 Å². The number of hydrogen-bond acceptors (Lipinski definition) is 2. The molecule has 0 radical (unpaired) electrons. The number of hydrogen-bond donors (Lipinski definition) is 0. The lowest BCUT2D eigenvalue weighted by molar-refractivity contribution is 0.103. The molecule has 0 saturated heterocycles. The van der Waals surface area contributed by atoms with Gasteiger partial charge in [-0.25, -0.2) is 13.8 Å². The first-order chi connectivity index (χ1) is 8.50. The summed E-state index contributed by atoms with van der Waals surface area (Å²) in [6.07, 6.45) is 1.19. The highest BCUT2D eigenvalue weighted by Gasteiger charge is 2.20. The van der Waals surface area contributed by atoms with Gasteiger partial charge in [-0.3, -0.25) is 4.79 Å². The van der Waals surface area contributed by atoms with E-state index in [1.54, 1.807) is 0 Å². The Balaban J connectivity index is 2.52. The van der Waals surface area contributed by atoms with E-state index in [4.69, 9.17) is 11.6 Å². The number of benzene rings is 1. The van der Waals surface area contributed by atoms with Gasteiger partial charge < -0.3 is 0 Å². The molecule has 1 aromatic carbocycles. The van der Waals surface area contributed by atoms with Crippen molar-refractivity contribution in [3.05, 3.63) is 63.9 Å². The fraction of sp³-hybridized carbons (Fsp3) is 0.0769. The third kappa shape index (κ3) is 2.24. The predicted octanol–water partition coefficient (Wildman–Crippen LogP) is 3.55. The molecule has 0 saturated carbocycles. The van der Waals surface area contributed by atoms with Crippen LogP contribution in [0.4, 0.5) is 8.78 Å². The minimum Gasteiger partial charge on any atom is -0.288 e. The maximum Gasteiger partial charge on any atom is 0.200 e. The van der Waals surface area contributed by atoms with Crippen LogP contribution in [0.15, 0.2) is 30.5 Å². The summed E-state index contributed by atoms with van der Waals surface area (Å²) in [5, 5.41) is 0.205. The number of aryl methyl sites for hydroxylation is 1. The standard InChI is InChI=1S/C13H8ClF2NO/c1-7-2-4-9(15)11(12(7)16)13(18)8-3-5-10(14)17-6-8/h2-6H,1H3. The largest absolute Gasteiger partial charge is 0.288 e.